The topological polar surface area (TPSA) is 63.6 Å². The van der Waals surface area contributed by atoms with Crippen LogP contribution in [0.15, 0.2) is 36.4 Å². The molecule has 2 aromatic rings. The molecule has 0 fully saturated rings. The fourth-order valence-corrected chi connectivity index (χ4v) is 3.22. The quantitative estimate of drug-likeness (QED) is 0.647. The van der Waals surface area contributed by atoms with Crippen molar-refractivity contribution < 1.29 is 30.9 Å². The molecule has 0 amide bonds. The summed E-state index contributed by atoms with van der Waals surface area (Å²) >= 11 is 0. The number of alkyl halides is 3. The maximum atomic E-state index is 12.6. The van der Waals surface area contributed by atoms with E-state index in [1.165, 1.54) is 6.07 Å². The Morgan fingerprint density at radius 1 is 0.880 bits per heavy atom. The summed E-state index contributed by atoms with van der Waals surface area (Å²) in [6.45, 7) is 0. The first kappa shape index (κ1) is 17.6. The minimum absolute atomic E-state index is 0.184. The summed E-state index contributed by atoms with van der Waals surface area (Å²) in [6.07, 6.45) is 1.60. The molecule has 134 valence electrons. The molecule has 0 saturated carbocycles. The summed E-state index contributed by atoms with van der Waals surface area (Å²) in [5.41, 5.74) is -2.97. The van der Waals surface area contributed by atoms with Gasteiger partial charge in [-0.25, -0.2) is 0 Å². The zero-order valence-corrected chi connectivity index (χ0v) is 13.8. The Kier molecular flexibility index (Phi) is 4.40. The van der Waals surface area contributed by atoms with Crippen molar-refractivity contribution in [3.63, 3.8) is 0 Å². The lowest BCUT2D eigenvalue weighted by Crippen LogP contribution is -2.28. The van der Waals surface area contributed by atoms with Gasteiger partial charge in [-0.05, 0) is 60.1 Å². The highest BCUT2D eigenvalue weighted by molar-refractivity contribution is 7.88. The number of halogens is 3. The summed E-state index contributed by atoms with van der Waals surface area (Å²) in [5, 5.41) is 10.0. The van der Waals surface area contributed by atoms with E-state index in [0.29, 0.717) is 30.4 Å². The number of hydrogen-bond acceptors (Lipinski definition) is 4. The maximum Gasteiger partial charge on any atom is 0.534 e. The van der Waals surface area contributed by atoms with Crippen LogP contribution < -0.4 is 4.18 Å². The molecule has 0 heterocycles. The first-order chi connectivity index (χ1) is 11.7. The number of benzene rings is 2. The average Bonchev–Trinajstić information content (AvgIpc) is 2.49. The van der Waals surface area contributed by atoms with E-state index in [4.69, 9.17) is 0 Å². The lowest BCUT2D eigenvalue weighted by Gasteiger charge is -2.16. The van der Waals surface area contributed by atoms with E-state index in [9.17, 15) is 26.7 Å². The Bertz CT molecular complexity index is 905. The van der Waals surface area contributed by atoms with Crippen molar-refractivity contribution in [2.24, 2.45) is 0 Å². The van der Waals surface area contributed by atoms with Crippen molar-refractivity contribution >= 4 is 10.1 Å². The molecule has 0 unspecified atom stereocenters. The molecule has 0 atom stereocenters. The molecular weight excluding hydrogens is 357 g/mol. The van der Waals surface area contributed by atoms with Gasteiger partial charge in [-0.15, -0.1) is 0 Å². The molecular formula is C17H15F3O4S. The fraction of sp³-hybridized carbons (Fsp3) is 0.294. The second kappa shape index (κ2) is 6.25. The number of phenolic OH excluding ortho intramolecular Hbond substituents is 1. The molecule has 2 aromatic carbocycles. The highest BCUT2D eigenvalue weighted by Gasteiger charge is 2.48. The molecule has 8 heteroatoms. The maximum absolute atomic E-state index is 12.6. The standard InChI is InChI=1S/C17H15F3O4S/c18-17(19,20)25(22,23)24-16-10-12-2-6-13-5-1-11(9-15(13)21)3-7-14(16)8-4-12/h1,4-5,8-10,21H,2-3,6-7H2. The minimum atomic E-state index is -5.72. The molecule has 1 N–H and O–H groups in total. The SMILES string of the molecule is O=S(=O)(Oc1cc2ccc1CCc1ccc(c(O)c1)CC2)C(F)(F)F. The van der Waals surface area contributed by atoms with E-state index in [0.717, 1.165) is 11.1 Å². The van der Waals surface area contributed by atoms with E-state index in [-0.39, 0.29) is 17.9 Å². The summed E-state index contributed by atoms with van der Waals surface area (Å²) in [4.78, 5) is 0. The largest absolute Gasteiger partial charge is 0.534 e. The minimum Gasteiger partial charge on any atom is -0.508 e. The van der Waals surface area contributed by atoms with Gasteiger partial charge < -0.3 is 9.29 Å². The molecule has 0 radical (unpaired) electrons. The second-order valence-corrected chi connectivity index (χ2v) is 7.43. The summed E-state index contributed by atoms with van der Waals surface area (Å²) < 4.78 is 64.9. The van der Waals surface area contributed by atoms with Crippen LogP contribution in [0.4, 0.5) is 13.2 Å². The molecule has 0 aliphatic heterocycles. The van der Waals surface area contributed by atoms with Crippen LogP contribution in [0.25, 0.3) is 0 Å². The van der Waals surface area contributed by atoms with Crippen LogP contribution in [0, 0.1) is 0 Å². The van der Waals surface area contributed by atoms with Crippen LogP contribution in [0.2, 0.25) is 0 Å². The van der Waals surface area contributed by atoms with Gasteiger partial charge in [0.1, 0.15) is 11.5 Å². The highest BCUT2D eigenvalue weighted by Crippen LogP contribution is 2.32. The van der Waals surface area contributed by atoms with Crippen LogP contribution in [0.3, 0.4) is 0 Å². The van der Waals surface area contributed by atoms with Gasteiger partial charge >= 0.3 is 15.6 Å². The monoisotopic (exact) mass is 372 g/mol. The van der Waals surface area contributed by atoms with Gasteiger partial charge in [0.25, 0.3) is 0 Å². The second-order valence-electron chi connectivity index (χ2n) is 5.89. The summed E-state index contributed by atoms with van der Waals surface area (Å²) in [6, 6.07) is 9.93. The molecule has 6 rings (SSSR count). The molecule has 0 aromatic heterocycles. The van der Waals surface area contributed by atoms with Crippen molar-refractivity contribution in [3.05, 3.63) is 58.7 Å². The van der Waals surface area contributed by atoms with Crippen LogP contribution in [-0.2, 0) is 35.8 Å². The number of rotatable bonds is 2. The Morgan fingerprint density at radius 2 is 1.44 bits per heavy atom. The molecule has 4 nitrogen and oxygen atoms in total. The highest BCUT2D eigenvalue weighted by atomic mass is 32.2. The van der Waals surface area contributed by atoms with Crippen molar-refractivity contribution in [1.82, 2.24) is 0 Å². The molecule has 4 bridgehead atoms. The van der Waals surface area contributed by atoms with Gasteiger partial charge in [0.2, 0.25) is 0 Å². The van der Waals surface area contributed by atoms with E-state index < -0.39 is 15.6 Å². The number of aryl methyl sites for hydroxylation is 4. The number of hydrogen-bond donors (Lipinski definition) is 1. The lowest BCUT2D eigenvalue weighted by atomic mass is 9.95. The third-order valence-corrected chi connectivity index (χ3v) is 5.10. The predicted molar refractivity (Wildman–Crippen MR) is 85.0 cm³/mol. The van der Waals surface area contributed by atoms with Crippen LogP contribution in [-0.4, -0.2) is 19.0 Å². The van der Waals surface area contributed by atoms with E-state index in [2.05, 4.69) is 4.18 Å². The van der Waals surface area contributed by atoms with Crippen molar-refractivity contribution in [2.75, 3.05) is 0 Å². The number of aromatic hydroxyl groups is 1. The normalized spacial score (nSPS) is 14.8. The Balaban J connectivity index is 1.99. The Morgan fingerprint density at radius 3 is 2.04 bits per heavy atom. The van der Waals surface area contributed by atoms with Gasteiger partial charge in [-0.3, -0.25) is 0 Å². The molecule has 4 aliphatic carbocycles. The van der Waals surface area contributed by atoms with E-state index in [1.54, 1.807) is 18.2 Å². The van der Waals surface area contributed by atoms with Gasteiger partial charge in [0.05, 0.1) is 0 Å². The third kappa shape index (κ3) is 3.73. The smallest absolute Gasteiger partial charge is 0.508 e. The van der Waals surface area contributed by atoms with Crippen molar-refractivity contribution in [2.45, 2.75) is 31.2 Å². The molecule has 0 spiro atoms. The van der Waals surface area contributed by atoms with E-state index in [1.807, 2.05) is 12.1 Å². The van der Waals surface area contributed by atoms with Gasteiger partial charge in [-0.2, -0.15) is 21.6 Å². The Hall–Kier alpha value is -2.22. The fourth-order valence-electron chi connectivity index (χ4n) is 2.74. The van der Waals surface area contributed by atoms with Crippen LogP contribution >= 0.6 is 0 Å². The number of phenols is 1. The van der Waals surface area contributed by atoms with Gasteiger partial charge in [-0.1, -0.05) is 24.3 Å². The summed E-state index contributed by atoms with van der Waals surface area (Å²) in [5.74, 6) is -0.113. The zero-order valence-electron chi connectivity index (χ0n) is 13.0. The first-order valence-corrected chi connectivity index (χ1v) is 9.00. The zero-order chi connectivity index (χ0) is 18.2. The van der Waals surface area contributed by atoms with Crippen LogP contribution in [0.5, 0.6) is 11.5 Å². The molecule has 4 aliphatic rings. The van der Waals surface area contributed by atoms with Gasteiger partial charge in [0, 0.05) is 0 Å². The molecule has 25 heavy (non-hydrogen) atoms. The van der Waals surface area contributed by atoms with Crippen LogP contribution in [0.1, 0.15) is 22.3 Å². The van der Waals surface area contributed by atoms with Crippen molar-refractivity contribution in [3.8, 4) is 11.5 Å². The summed E-state index contributed by atoms with van der Waals surface area (Å²) in [7, 11) is -5.72. The third-order valence-electron chi connectivity index (χ3n) is 4.13. The lowest BCUT2D eigenvalue weighted by molar-refractivity contribution is -0.0500. The first-order valence-electron chi connectivity index (χ1n) is 7.59. The van der Waals surface area contributed by atoms with Gasteiger partial charge in [0.15, 0.2) is 0 Å². The predicted octanol–water partition coefficient (Wildman–Crippen LogP) is 3.50. The Labute approximate surface area is 143 Å². The van der Waals surface area contributed by atoms with Crippen molar-refractivity contribution in [1.29, 1.82) is 0 Å². The average molecular weight is 372 g/mol. The van der Waals surface area contributed by atoms with E-state index >= 15 is 0 Å². The molecule has 0 saturated heterocycles.